The number of unbranched alkanes of at least 4 members (excludes halogenated alkanes) is 1. The van der Waals surface area contributed by atoms with Gasteiger partial charge in [0.1, 0.15) is 17.3 Å². The van der Waals surface area contributed by atoms with Crippen LogP contribution < -0.4 is 14.8 Å². The molecule has 1 amide bonds. The summed E-state index contributed by atoms with van der Waals surface area (Å²) in [5.74, 6) is -1.96. The second-order valence-electron chi connectivity index (χ2n) is 5.52. The van der Waals surface area contributed by atoms with E-state index in [0.29, 0.717) is 23.8 Å². The van der Waals surface area contributed by atoms with E-state index in [2.05, 4.69) is 5.32 Å². The van der Waals surface area contributed by atoms with E-state index in [1.165, 1.54) is 13.2 Å². The van der Waals surface area contributed by atoms with Crippen molar-refractivity contribution in [1.29, 1.82) is 0 Å². The zero-order chi connectivity index (χ0) is 19.1. The highest BCUT2D eigenvalue weighted by Gasteiger charge is 2.17. The molecule has 0 unspecified atom stereocenters. The molecule has 26 heavy (non-hydrogen) atoms. The average molecular weight is 361 g/mol. The highest BCUT2D eigenvalue weighted by molar-refractivity contribution is 6.05. The second kappa shape index (κ2) is 8.84. The lowest BCUT2D eigenvalue weighted by atomic mass is 10.1. The molecule has 138 valence electrons. The summed E-state index contributed by atoms with van der Waals surface area (Å²) in [5.41, 5.74) is -0.159. The largest absolute Gasteiger partial charge is 0.497 e. The fourth-order valence-corrected chi connectivity index (χ4v) is 2.21. The summed E-state index contributed by atoms with van der Waals surface area (Å²) in [4.78, 5) is 23.3. The molecule has 0 bridgehead atoms. The van der Waals surface area contributed by atoms with Crippen molar-refractivity contribution in [2.75, 3.05) is 19.0 Å². The van der Waals surface area contributed by atoms with Crippen LogP contribution in [0, 0.1) is 5.82 Å². The Bertz CT molecular complexity index is 807. The summed E-state index contributed by atoms with van der Waals surface area (Å²) in [6, 6.07) is 8.04. The molecule has 0 saturated carbocycles. The quantitative estimate of drug-likeness (QED) is 0.695. The molecule has 0 fully saturated rings. The molecular weight excluding hydrogens is 341 g/mol. The van der Waals surface area contributed by atoms with Crippen molar-refractivity contribution >= 4 is 17.6 Å². The van der Waals surface area contributed by atoms with Crippen molar-refractivity contribution in [2.45, 2.75) is 19.8 Å². The molecular formula is C19H20FNO5. The molecule has 0 aliphatic carbocycles. The lowest BCUT2D eigenvalue weighted by Gasteiger charge is -2.14. The zero-order valence-electron chi connectivity index (χ0n) is 14.5. The fourth-order valence-electron chi connectivity index (χ4n) is 2.21. The molecule has 2 rings (SSSR count). The molecule has 0 atom stereocenters. The van der Waals surface area contributed by atoms with E-state index in [1.54, 1.807) is 18.2 Å². The molecule has 2 N–H and O–H groups in total. The van der Waals surface area contributed by atoms with Crippen LogP contribution in [-0.2, 0) is 0 Å². The number of anilines is 1. The highest BCUT2D eigenvalue weighted by Crippen LogP contribution is 2.30. The molecule has 2 aromatic carbocycles. The van der Waals surface area contributed by atoms with Gasteiger partial charge >= 0.3 is 5.97 Å². The molecule has 0 spiro atoms. The van der Waals surface area contributed by atoms with Crippen molar-refractivity contribution < 1.29 is 28.6 Å². The first-order valence-electron chi connectivity index (χ1n) is 8.11. The van der Waals surface area contributed by atoms with Crippen molar-refractivity contribution in [3.8, 4) is 11.5 Å². The summed E-state index contributed by atoms with van der Waals surface area (Å²) in [6.07, 6.45) is 1.81. The van der Waals surface area contributed by atoms with Crippen LogP contribution in [0.25, 0.3) is 0 Å². The van der Waals surface area contributed by atoms with E-state index in [4.69, 9.17) is 14.6 Å². The third kappa shape index (κ3) is 4.72. The van der Waals surface area contributed by atoms with Gasteiger partial charge in [-0.3, -0.25) is 4.79 Å². The summed E-state index contributed by atoms with van der Waals surface area (Å²) in [5, 5.41) is 11.5. The number of hydrogen-bond donors (Lipinski definition) is 2. The van der Waals surface area contributed by atoms with Crippen LogP contribution in [0.5, 0.6) is 11.5 Å². The Balaban J connectivity index is 2.25. The molecule has 0 aliphatic rings. The van der Waals surface area contributed by atoms with Gasteiger partial charge in [0.15, 0.2) is 0 Å². The normalized spacial score (nSPS) is 10.3. The van der Waals surface area contributed by atoms with Gasteiger partial charge in [0.2, 0.25) is 0 Å². The molecule has 6 nitrogen and oxygen atoms in total. The van der Waals surface area contributed by atoms with Crippen LogP contribution in [0.15, 0.2) is 36.4 Å². The Morgan fingerprint density at radius 1 is 1.19 bits per heavy atom. The number of rotatable bonds is 8. The van der Waals surface area contributed by atoms with Crippen LogP contribution >= 0.6 is 0 Å². The van der Waals surface area contributed by atoms with Gasteiger partial charge in [0.05, 0.1) is 30.5 Å². The molecule has 0 heterocycles. The zero-order valence-corrected chi connectivity index (χ0v) is 14.5. The number of carbonyl (C=O) groups is 2. The van der Waals surface area contributed by atoms with Gasteiger partial charge in [-0.1, -0.05) is 13.3 Å². The Hall–Kier alpha value is -3.09. The molecule has 0 aromatic heterocycles. The van der Waals surface area contributed by atoms with Gasteiger partial charge in [-0.15, -0.1) is 0 Å². The summed E-state index contributed by atoms with van der Waals surface area (Å²) in [7, 11) is 1.49. The Kier molecular flexibility index (Phi) is 6.54. The first kappa shape index (κ1) is 19.2. The first-order chi connectivity index (χ1) is 12.5. The van der Waals surface area contributed by atoms with Crippen LogP contribution in [0.1, 0.15) is 40.5 Å². The smallest absolute Gasteiger partial charge is 0.335 e. The lowest BCUT2D eigenvalue weighted by molar-refractivity contribution is 0.0695. The number of benzene rings is 2. The van der Waals surface area contributed by atoms with Gasteiger partial charge in [0.25, 0.3) is 5.91 Å². The molecule has 0 aliphatic heterocycles. The maximum absolute atomic E-state index is 14.1. The van der Waals surface area contributed by atoms with Crippen molar-refractivity contribution in [3.05, 3.63) is 53.3 Å². The third-order valence-corrected chi connectivity index (χ3v) is 3.65. The van der Waals surface area contributed by atoms with Gasteiger partial charge in [-0.2, -0.15) is 0 Å². The van der Waals surface area contributed by atoms with Crippen LogP contribution in [0.3, 0.4) is 0 Å². The number of aromatic carboxylic acids is 1. The number of hydrogen-bond acceptors (Lipinski definition) is 4. The molecule has 7 heteroatoms. The number of ether oxygens (including phenoxy) is 2. The monoisotopic (exact) mass is 361 g/mol. The van der Waals surface area contributed by atoms with Gasteiger partial charge in [-0.25, -0.2) is 9.18 Å². The van der Waals surface area contributed by atoms with Crippen LogP contribution in [0.2, 0.25) is 0 Å². The molecule has 0 saturated heterocycles. The van der Waals surface area contributed by atoms with Crippen LogP contribution in [-0.4, -0.2) is 30.7 Å². The third-order valence-electron chi connectivity index (χ3n) is 3.65. The highest BCUT2D eigenvalue weighted by atomic mass is 19.1. The average Bonchev–Trinajstić information content (AvgIpc) is 2.62. The van der Waals surface area contributed by atoms with E-state index in [0.717, 1.165) is 25.0 Å². The van der Waals surface area contributed by atoms with E-state index < -0.39 is 17.7 Å². The first-order valence-corrected chi connectivity index (χ1v) is 8.11. The Labute approximate surface area is 150 Å². The summed E-state index contributed by atoms with van der Waals surface area (Å²) >= 11 is 0. The number of carbonyl (C=O) groups excluding carboxylic acids is 1. The molecule has 2 aromatic rings. The fraction of sp³-hybridized carbons (Fsp3) is 0.263. The predicted octanol–water partition coefficient (Wildman–Crippen LogP) is 3.96. The predicted molar refractivity (Wildman–Crippen MR) is 94.7 cm³/mol. The van der Waals surface area contributed by atoms with Crippen molar-refractivity contribution in [1.82, 2.24) is 0 Å². The SMILES string of the molecule is CCCCOc1ccc(OC)cc1NC(=O)c1ccc(C(=O)O)cc1F. The minimum atomic E-state index is -1.27. The number of carboxylic acid groups (broad SMARTS) is 1. The van der Waals surface area contributed by atoms with E-state index in [9.17, 15) is 14.0 Å². The van der Waals surface area contributed by atoms with Crippen molar-refractivity contribution in [3.63, 3.8) is 0 Å². The maximum Gasteiger partial charge on any atom is 0.335 e. The summed E-state index contributed by atoms with van der Waals surface area (Å²) < 4.78 is 24.9. The second-order valence-corrected chi connectivity index (χ2v) is 5.52. The Morgan fingerprint density at radius 2 is 1.96 bits per heavy atom. The van der Waals surface area contributed by atoms with E-state index >= 15 is 0 Å². The van der Waals surface area contributed by atoms with Crippen molar-refractivity contribution in [2.24, 2.45) is 0 Å². The van der Waals surface area contributed by atoms with Gasteiger partial charge < -0.3 is 19.9 Å². The molecule has 0 radical (unpaired) electrons. The van der Waals surface area contributed by atoms with E-state index in [1.807, 2.05) is 6.92 Å². The number of halogens is 1. The number of carboxylic acids is 1. The number of amides is 1. The van der Waals surface area contributed by atoms with Gasteiger partial charge in [0, 0.05) is 6.07 Å². The maximum atomic E-state index is 14.1. The van der Waals surface area contributed by atoms with Crippen LogP contribution in [0.4, 0.5) is 10.1 Å². The minimum Gasteiger partial charge on any atom is -0.497 e. The topological polar surface area (TPSA) is 84.9 Å². The van der Waals surface area contributed by atoms with E-state index in [-0.39, 0.29) is 11.1 Å². The lowest BCUT2D eigenvalue weighted by Crippen LogP contribution is -2.15. The summed E-state index contributed by atoms with van der Waals surface area (Å²) in [6.45, 7) is 2.51. The number of methoxy groups -OCH3 is 1. The minimum absolute atomic E-state index is 0.232. The number of nitrogens with one attached hydrogen (secondary N) is 1. The standard InChI is InChI=1S/C19H20FNO5/c1-3-4-9-26-17-8-6-13(25-2)11-16(17)21-18(22)14-7-5-12(19(23)24)10-15(14)20/h5-8,10-11H,3-4,9H2,1-2H3,(H,21,22)(H,23,24). The Morgan fingerprint density at radius 3 is 2.58 bits per heavy atom. The van der Waals surface area contributed by atoms with Gasteiger partial charge in [-0.05, 0) is 36.8 Å².